The second kappa shape index (κ2) is 10.2. The lowest BCUT2D eigenvalue weighted by Gasteiger charge is -2.24. The Balaban J connectivity index is 1.73. The normalized spacial score (nSPS) is 22.6. The van der Waals surface area contributed by atoms with Crippen molar-refractivity contribution in [1.82, 2.24) is 0 Å². The first-order valence-electron chi connectivity index (χ1n) is 10.7. The van der Waals surface area contributed by atoms with Crippen LogP contribution in [0.4, 0.5) is 13.2 Å². The number of benzene rings is 3. The van der Waals surface area contributed by atoms with E-state index in [0.717, 1.165) is 5.56 Å². The van der Waals surface area contributed by atoms with Crippen molar-refractivity contribution < 1.29 is 40.0 Å². The van der Waals surface area contributed by atoms with Crippen LogP contribution in [0.3, 0.4) is 0 Å². The number of hydrogen-bond acceptors (Lipinski definition) is 6. The number of halogens is 3. The minimum Gasteiger partial charge on any atom is -0.429 e. The summed E-state index contributed by atoms with van der Waals surface area (Å²) in [6.07, 6.45) is -4.11. The van der Waals surface area contributed by atoms with E-state index >= 15 is 0 Å². The minimum absolute atomic E-state index is 0.122. The van der Waals surface area contributed by atoms with Crippen molar-refractivity contribution in [3.8, 4) is 0 Å². The van der Waals surface area contributed by atoms with Gasteiger partial charge in [0.15, 0.2) is 0 Å². The highest BCUT2D eigenvalue weighted by Crippen LogP contribution is 2.42. The van der Waals surface area contributed by atoms with Crippen molar-refractivity contribution in [2.75, 3.05) is 0 Å². The van der Waals surface area contributed by atoms with Crippen molar-refractivity contribution >= 4 is 16.1 Å². The molecule has 4 unspecified atom stereocenters. The monoisotopic (exact) mass is 506 g/mol. The van der Waals surface area contributed by atoms with Crippen LogP contribution in [0.25, 0.3) is 0 Å². The molecule has 0 aromatic heterocycles. The zero-order valence-electron chi connectivity index (χ0n) is 18.2. The van der Waals surface area contributed by atoms with E-state index in [-0.39, 0.29) is 12.0 Å². The van der Waals surface area contributed by atoms with Crippen LogP contribution in [0.1, 0.15) is 27.4 Å². The molecule has 4 atom stereocenters. The van der Waals surface area contributed by atoms with E-state index in [1.54, 1.807) is 78.9 Å². The van der Waals surface area contributed by atoms with Gasteiger partial charge in [-0.25, -0.2) is 4.79 Å². The van der Waals surface area contributed by atoms with Crippen molar-refractivity contribution in [2.45, 2.75) is 36.3 Å². The number of carbonyl (C=O) groups is 1. The van der Waals surface area contributed by atoms with Gasteiger partial charge in [0.05, 0.1) is 11.7 Å². The van der Waals surface area contributed by atoms with Crippen LogP contribution < -0.4 is 0 Å². The summed E-state index contributed by atoms with van der Waals surface area (Å²) in [4.78, 5) is 12.7. The molecule has 1 aliphatic heterocycles. The molecule has 35 heavy (non-hydrogen) atoms. The summed E-state index contributed by atoms with van der Waals surface area (Å²) in [6.45, 7) is 0. The van der Waals surface area contributed by atoms with Gasteiger partial charge in [0, 0.05) is 5.92 Å². The lowest BCUT2D eigenvalue weighted by Crippen LogP contribution is -2.38. The number of carbonyl (C=O) groups excluding carboxylic acids is 1. The van der Waals surface area contributed by atoms with Gasteiger partial charge in [-0.05, 0) is 29.7 Å². The Morgan fingerprint density at radius 1 is 0.857 bits per heavy atom. The molecular formula is C25H21F3O6S. The largest absolute Gasteiger partial charge is 0.523 e. The third kappa shape index (κ3) is 5.72. The molecule has 10 heteroatoms. The lowest BCUT2D eigenvalue weighted by atomic mass is 9.87. The Morgan fingerprint density at radius 2 is 1.40 bits per heavy atom. The number of alkyl halides is 3. The second-order valence-corrected chi connectivity index (χ2v) is 9.46. The van der Waals surface area contributed by atoms with Gasteiger partial charge in [-0.15, -0.1) is 0 Å². The fraction of sp³-hybridized carbons (Fsp3) is 0.240. The van der Waals surface area contributed by atoms with Gasteiger partial charge in [0.25, 0.3) is 0 Å². The topological polar surface area (TPSA) is 78.9 Å². The van der Waals surface area contributed by atoms with Gasteiger partial charge in [-0.1, -0.05) is 78.9 Å². The average molecular weight is 506 g/mol. The first kappa shape index (κ1) is 24.9. The Bertz CT molecular complexity index is 1230. The highest BCUT2D eigenvalue weighted by Gasteiger charge is 2.55. The average Bonchev–Trinajstić information content (AvgIpc) is 3.15. The van der Waals surface area contributed by atoms with Crippen LogP contribution in [0, 0.1) is 0 Å². The molecule has 184 valence electrons. The Kier molecular flexibility index (Phi) is 7.25. The third-order valence-corrected chi connectivity index (χ3v) is 6.59. The molecule has 1 aliphatic rings. The van der Waals surface area contributed by atoms with Crippen molar-refractivity contribution in [3.05, 3.63) is 108 Å². The predicted molar refractivity (Wildman–Crippen MR) is 120 cm³/mol. The zero-order chi connectivity index (χ0) is 25.1. The maximum atomic E-state index is 13.3. The molecule has 1 saturated heterocycles. The molecular weight excluding hydrogens is 485 g/mol. The zero-order valence-corrected chi connectivity index (χ0v) is 19.0. The van der Waals surface area contributed by atoms with Crippen LogP contribution in [0.2, 0.25) is 0 Å². The second-order valence-electron chi connectivity index (χ2n) is 7.90. The van der Waals surface area contributed by atoms with Crippen molar-refractivity contribution in [1.29, 1.82) is 0 Å². The Labute approximate surface area is 200 Å². The molecule has 0 spiro atoms. The van der Waals surface area contributed by atoms with E-state index < -0.39 is 46.0 Å². The summed E-state index contributed by atoms with van der Waals surface area (Å²) in [5.41, 5.74) is -4.27. The molecule has 6 nitrogen and oxygen atoms in total. The fourth-order valence-corrected chi connectivity index (χ4v) is 4.58. The quantitative estimate of drug-likeness (QED) is 0.260. The van der Waals surface area contributed by atoms with Crippen molar-refractivity contribution in [2.24, 2.45) is 0 Å². The molecule has 0 N–H and O–H groups in total. The molecule has 4 rings (SSSR count). The van der Waals surface area contributed by atoms with Crippen LogP contribution >= 0.6 is 0 Å². The van der Waals surface area contributed by atoms with Crippen LogP contribution in [-0.4, -0.2) is 38.4 Å². The molecule has 1 fully saturated rings. The third-order valence-electron chi connectivity index (χ3n) is 5.55. The molecule has 1 heterocycles. The van der Waals surface area contributed by atoms with Crippen LogP contribution in [-0.2, 0) is 30.2 Å². The number of esters is 1. The summed E-state index contributed by atoms with van der Waals surface area (Å²) in [7, 11) is -6.02. The van der Waals surface area contributed by atoms with E-state index in [9.17, 15) is 26.4 Å². The van der Waals surface area contributed by atoms with E-state index in [2.05, 4.69) is 0 Å². The number of ether oxygens (including phenoxy) is 2. The summed E-state index contributed by atoms with van der Waals surface area (Å²) in [5.74, 6) is -1.87. The molecule has 3 aromatic carbocycles. The SMILES string of the molecule is O=C(OC1OC(Cc2ccccc2)C(c2ccccc2)C1OS(=O)(=O)C(F)(F)F)c1ccccc1. The number of hydrogen-bond donors (Lipinski definition) is 0. The van der Waals surface area contributed by atoms with E-state index in [0.29, 0.717) is 5.56 Å². The highest BCUT2D eigenvalue weighted by atomic mass is 32.2. The van der Waals surface area contributed by atoms with Gasteiger partial charge in [-0.3, -0.25) is 4.18 Å². The maximum absolute atomic E-state index is 13.3. The van der Waals surface area contributed by atoms with Crippen molar-refractivity contribution in [3.63, 3.8) is 0 Å². The Hall–Kier alpha value is -3.21. The van der Waals surface area contributed by atoms with Gasteiger partial charge >= 0.3 is 21.6 Å². The molecule has 0 radical (unpaired) electrons. The van der Waals surface area contributed by atoms with Gasteiger partial charge < -0.3 is 9.47 Å². The standard InChI is InChI=1S/C25H21F3O6S/c26-25(27,28)35(30,31)34-22-21(18-12-6-2-7-13-18)20(16-17-10-4-1-5-11-17)32-24(22)33-23(29)19-14-8-3-9-15-19/h1-15,20-22,24H,16H2. The molecule has 0 saturated carbocycles. The van der Waals surface area contributed by atoms with E-state index in [1.165, 1.54) is 12.1 Å². The molecule has 0 amide bonds. The first-order chi connectivity index (χ1) is 16.7. The summed E-state index contributed by atoms with van der Waals surface area (Å²) in [5, 5.41) is 0. The highest BCUT2D eigenvalue weighted by molar-refractivity contribution is 7.87. The summed E-state index contributed by atoms with van der Waals surface area (Å²) >= 11 is 0. The predicted octanol–water partition coefficient (Wildman–Crippen LogP) is 4.83. The minimum atomic E-state index is -6.02. The Morgan fingerprint density at radius 3 is 1.97 bits per heavy atom. The molecule has 0 aliphatic carbocycles. The first-order valence-corrected chi connectivity index (χ1v) is 12.1. The van der Waals surface area contributed by atoms with Gasteiger partial charge in [0.1, 0.15) is 6.10 Å². The number of rotatable bonds is 7. The maximum Gasteiger partial charge on any atom is 0.523 e. The lowest BCUT2D eigenvalue weighted by molar-refractivity contribution is -0.132. The van der Waals surface area contributed by atoms with E-state index in [4.69, 9.17) is 13.7 Å². The molecule has 3 aromatic rings. The van der Waals surface area contributed by atoms with Crippen LogP contribution in [0.5, 0.6) is 0 Å². The summed E-state index contributed by atoms with van der Waals surface area (Å²) < 4.78 is 79.7. The molecule has 0 bridgehead atoms. The smallest absolute Gasteiger partial charge is 0.429 e. The fourth-order valence-electron chi connectivity index (χ4n) is 3.96. The van der Waals surface area contributed by atoms with E-state index in [1.807, 2.05) is 0 Å². The summed E-state index contributed by atoms with van der Waals surface area (Å²) in [6, 6.07) is 25.0. The van der Waals surface area contributed by atoms with Crippen LogP contribution in [0.15, 0.2) is 91.0 Å². The van der Waals surface area contributed by atoms with Gasteiger partial charge in [0.2, 0.25) is 6.29 Å². The van der Waals surface area contributed by atoms with Gasteiger partial charge in [-0.2, -0.15) is 21.6 Å².